The number of carbonyl (C=O) groups excluding carboxylic acids is 2. The number of aryl methyl sites for hydroxylation is 1. The van der Waals surface area contributed by atoms with Gasteiger partial charge in [0.1, 0.15) is 5.82 Å². The van der Waals surface area contributed by atoms with Crippen molar-refractivity contribution in [3.63, 3.8) is 0 Å². The summed E-state index contributed by atoms with van der Waals surface area (Å²) in [6, 6.07) is 10.3. The maximum absolute atomic E-state index is 13.0. The summed E-state index contributed by atoms with van der Waals surface area (Å²) < 4.78 is 13.0. The molecule has 2 rings (SSSR count). The Hall–Kier alpha value is -2.69. The summed E-state index contributed by atoms with van der Waals surface area (Å²) in [6.45, 7) is 1.64. The molecule has 2 aromatic rings. The Bertz CT molecular complexity index is 683. The summed E-state index contributed by atoms with van der Waals surface area (Å²) in [5, 5.41) is 2.61. The largest absolute Gasteiger partial charge is 0.366 e. The molecule has 5 heteroatoms. The third kappa shape index (κ3) is 2.83. The van der Waals surface area contributed by atoms with Gasteiger partial charge in [-0.2, -0.15) is 0 Å². The van der Waals surface area contributed by atoms with E-state index in [4.69, 9.17) is 5.73 Å². The molecule has 0 heterocycles. The van der Waals surface area contributed by atoms with Crippen LogP contribution in [-0.4, -0.2) is 11.8 Å². The standard InChI is InChI=1S/C15H13FN2O2/c1-9-8-10(16)6-7-11(9)15(20)18-13-5-3-2-4-12(13)14(17)19/h2-8H,1H3,(H2,17,19)(H,18,20). The van der Waals surface area contributed by atoms with Crippen molar-refractivity contribution < 1.29 is 14.0 Å². The zero-order valence-electron chi connectivity index (χ0n) is 10.8. The lowest BCUT2D eigenvalue weighted by Crippen LogP contribution is -2.18. The molecule has 0 aliphatic rings. The average molecular weight is 272 g/mol. The van der Waals surface area contributed by atoms with Gasteiger partial charge < -0.3 is 11.1 Å². The topological polar surface area (TPSA) is 72.2 Å². The van der Waals surface area contributed by atoms with E-state index in [1.807, 2.05) is 0 Å². The molecule has 2 amide bonds. The Morgan fingerprint density at radius 1 is 1.10 bits per heavy atom. The lowest BCUT2D eigenvalue weighted by molar-refractivity contribution is 0.100. The van der Waals surface area contributed by atoms with Crippen LogP contribution in [0.2, 0.25) is 0 Å². The molecule has 20 heavy (non-hydrogen) atoms. The molecule has 0 aliphatic carbocycles. The molecule has 102 valence electrons. The van der Waals surface area contributed by atoms with Crippen molar-refractivity contribution in [3.8, 4) is 0 Å². The zero-order valence-corrected chi connectivity index (χ0v) is 10.8. The Kier molecular flexibility index (Phi) is 3.79. The Balaban J connectivity index is 2.30. The molecule has 0 radical (unpaired) electrons. The predicted octanol–water partition coefficient (Wildman–Crippen LogP) is 2.49. The number of carbonyl (C=O) groups is 2. The quantitative estimate of drug-likeness (QED) is 0.901. The van der Waals surface area contributed by atoms with Gasteiger partial charge in [0.05, 0.1) is 11.3 Å². The molecule has 3 N–H and O–H groups in total. The zero-order chi connectivity index (χ0) is 14.7. The van der Waals surface area contributed by atoms with Crippen molar-refractivity contribution in [1.29, 1.82) is 0 Å². The predicted molar refractivity (Wildman–Crippen MR) is 74.1 cm³/mol. The van der Waals surface area contributed by atoms with Gasteiger partial charge in [-0.15, -0.1) is 0 Å². The van der Waals surface area contributed by atoms with Crippen LogP contribution in [0.25, 0.3) is 0 Å². The van der Waals surface area contributed by atoms with E-state index in [-0.39, 0.29) is 5.56 Å². The highest BCUT2D eigenvalue weighted by Crippen LogP contribution is 2.17. The van der Waals surface area contributed by atoms with Crippen LogP contribution < -0.4 is 11.1 Å². The summed E-state index contributed by atoms with van der Waals surface area (Å²) >= 11 is 0. The Morgan fingerprint density at radius 2 is 1.80 bits per heavy atom. The first kappa shape index (κ1) is 13.7. The number of hydrogen-bond donors (Lipinski definition) is 2. The maximum atomic E-state index is 13.0. The first-order valence-electron chi connectivity index (χ1n) is 5.95. The molecule has 0 saturated heterocycles. The number of benzene rings is 2. The number of para-hydroxylation sites is 1. The molecular formula is C15H13FN2O2. The van der Waals surface area contributed by atoms with E-state index in [9.17, 15) is 14.0 Å². The van der Waals surface area contributed by atoms with Crippen molar-refractivity contribution in [2.45, 2.75) is 6.92 Å². The van der Waals surface area contributed by atoms with Crippen molar-refractivity contribution >= 4 is 17.5 Å². The molecule has 0 atom stereocenters. The van der Waals surface area contributed by atoms with Crippen LogP contribution in [0, 0.1) is 12.7 Å². The summed E-state index contributed by atoms with van der Waals surface area (Å²) in [5.74, 6) is -1.45. The second-order valence-corrected chi connectivity index (χ2v) is 4.32. The van der Waals surface area contributed by atoms with Crippen LogP contribution in [0.15, 0.2) is 42.5 Å². The van der Waals surface area contributed by atoms with Gasteiger partial charge in [-0.1, -0.05) is 12.1 Å². The molecule has 0 spiro atoms. The summed E-state index contributed by atoms with van der Waals surface area (Å²) in [6.07, 6.45) is 0. The fraction of sp³-hybridized carbons (Fsp3) is 0.0667. The van der Waals surface area contributed by atoms with E-state index >= 15 is 0 Å². The molecule has 0 bridgehead atoms. The van der Waals surface area contributed by atoms with E-state index in [1.165, 1.54) is 24.3 Å². The summed E-state index contributed by atoms with van der Waals surface area (Å²) in [5.41, 5.74) is 6.64. The molecule has 0 fully saturated rings. The number of anilines is 1. The third-order valence-electron chi connectivity index (χ3n) is 2.87. The molecular weight excluding hydrogens is 259 g/mol. The van der Waals surface area contributed by atoms with Crippen molar-refractivity contribution in [2.24, 2.45) is 5.73 Å². The number of halogens is 1. The highest BCUT2D eigenvalue weighted by Gasteiger charge is 2.13. The fourth-order valence-electron chi connectivity index (χ4n) is 1.88. The molecule has 0 saturated carbocycles. The van der Waals surface area contributed by atoms with Crippen molar-refractivity contribution in [2.75, 3.05) is 5.32 Å². The van der Waals surface area contributed by atoms with Gasteiger partial charge in [-0.25, -0.2) is 4.39 Å². The number of nitrogens with one attached hydrogen (secondary N) is 1. The van der Waals surface area contributed by atoms with Crippen LogP contribution in [-0.2, 0) is 0 Å². The van der Waals surface area contributed by atoms with E-state index in [2.05, 4.69) is 5.32 Å². The SMILES string of the molecule is Cc1cc(F)ccc1C(=O)Nc1ccccc1C(N)=O. The minimum absolute atomic E-state index is 0.223. The van der Waals surface area contributed by atoms with E-state index in [1.54, 1.807) is 25.1 Å². The van der Waals surface area contributed by atoms with Crippen LogP contribution in [0.1, 0.15) is 26.3 Å². The number of primary amides is 1. The second kappa shape index (κ2) is 5.52. The highest BCUT2D eigenvalue weighted by atomic mass is 19.1. The van der Waals surface area contributed by atoms with Gasteiger partial charge in [0.25, 0.3) is 11.8 Å². The summed E-state index contributed by atoms with van der Waals surface area (Å²) in [7, 11) is 0. The third-order valence-corrected chi connectivity index (χ3v) is 2.87. The minimum Gasteiger partial charge on any atom is -0.366 e. The van der Waals surface area contributed by atoms with E-state index in [0.717, 1.165) is 0 Å². The van der Waals surface area contributed by atoms with Gasteiger partial charge in [-0.3, -0.25) is 9.59 Å². The summed E-state index contributed by atoms with van der Waals surface area (Å²) in [4.78, 5) is 23.4. The van der Waals surface area contributed by atoms with E-state index in [0.29, 0.717) is 16.8 Å². The van der Waals surface area contributed by atoms with Crippen LogP contribution >= 0.6 is 0 Å². The minimum atomic E-state index is -0.628. The van der Waals surface area contributed by atoms with Crippen LogP contribution in [0.5, 0.6) is 0 Å². The van der Waals surface area contributed by atoms with Crippen LogP contribution in [0.3, 0.4) is 0 Å². The second-order valence-electron chi connectivity index (χ2n) is 4.32. The van der Waals surface area contributed by atoms with Crippen LogP contribution in [0.4, 0.5) is 10.1 Å². The van der Waals surface area contributed by atoms with Crippen molar-refractivity contribution in [1.82, 2.24) is 0 Å². The highest BCUT2D eigenvalue weighted by molar-refractivity contribution is 6.09. The normalized spacial score (nSPS) is 10.1. The lowest BCUT2D eigenvalue weighted by Gasteiger charge is -2.10. The molecule has 0 aromatic heterocycles. The first-order valence-corrected chi connectivity index (χ1v) is 5.95. The van der Waals surface area contributed by atoms with Gasteiger partial charge in [-0.05, 0) is 42.8 Å². The van der Waals surface area contributed by atoms with Gasteiger partial charge >= 0.3 is 0 Å². The van der Waals surface area contributed by atoms with Gasteiger partial charge in [0.2, 0.25) is 0 Å². The Labute approximate surface area is 115 Å². The maximum Gasteiger partial charge on any atom is 0.255 e. The number of nitrogens with two attached hydrogens (primary N) is 1. The average Bonchev–Trinajstić information content (AvgIpc) is 2.38. The molecule has 0 unspecified atom stereocenters. The lowest BCUT2D eigenvalue weighted by atomic mass is 10.1. The van der Waals surface area contributed by atoms with Gasteiger partial charge in [0, 0.05) is 5.56 Å². The molecule has 0 aliphatic heterocycles. The molecule has 2 aromatic carbocycles. The molecule has 4 nitrogen and oxygen atoms in total. The number of amides is 2. The van der Waals surface area contributed by atoms with E-state index < -0.39 is 17.6 Å². The Morgan fingerprint density at radius 3 is 2.45 bits per heavy atom. The fourth-order valence-corrected chi connectivity index (χ4v) is 1.88. The monoisotopic (exact) mass is 272 g/mol. The number of hydrogen-bond acceptors (Lipinski definition) is 2. The smallest absolute Gasteiger partial charge is 0.255 e. The first-order chi connectivity index (χ1) is 9.49. The van der Waals surface area contributed by atoms with Gasteiger partial charge in [0.15, 0.2) is 0 Å². The van der Waals surface area contributed by atoms with Crippen molar-refractivity contribution in [3.05, 3.63) is 65.0 Å². The number of rotatable bonds is 3.